The fraction of sp³-hybridized carbons (Fsp3) is 0.545. The summed E-state index contributed by atoms with van der Waals surface area (Å²) >= 11 is 0. The van der Waals surface area contributed by atoms with Crippen LogP contribution in [0.25, 0.3) is 0 Å². The molecule has 0 saturated heterocycles. The first-order chi connectivity index (χ1) is 7.02. The van der Waals surface area contributed by atoms with E-state index in [0.717, 1.165) is 25.2 Å². The number of rotatable bonds is 5. The Bertz CT molecular complexity index is 342. The molecule has 1 aromatic rings. The van der Waals surface area contributed by atoms with Crippen LogP contribution in [0.5, 0.6) is 0 Å². The van der Waals surface area contributed by atoms with E-state index in [1.165, 1.54) is 0 Å². The third-order valence-corrected chi connectivity index (χ3v) is 2.41. The Morgan fingerprint density at radius 3 is 2.67 bits per heavy atom. The second kappa shape index (κ2) is 4.98. The Balaban J connectivity index is 2.66. The zero-order valence-corrected chi connectivity index (χ0v) is 9.53. The van der Waals surface area contributed by atoms with Gasteiger partial charge in [0.25, 0.3) is 0 Å². The number of carboxylic acid groups (broad SMARTS) is 1. The number of hydrogen-bond donors (Lipinski definition) is 1. The molecular formula is C11H18N2O2. The monoisotopic (exact) mass is 210 g/mol. The molecule has 0 atom stereocenters. The Hall–Kier alpha value is -1.29. The van der Waals surface area contributed by atoms with Crippen LogP contribution in [0.1, 0.15) is 22.6 Å². The van der Waals surface area contributed by atoms with Crippen molar-refractivity contribution in [3.63, 3.8) is 0 Å². The fourth-order valence-electron chi connectivity index (χ4n) is 1.60. The molecule has 84 valence electrons. The minimum absolute atomic E-state index is 0.381. The third-order valence-electron chi connectivity index (χ3n) is 2.41. The molecule has 15 heavy (non-hydrogen) atoms. The average molecular weight is 210 g/mol. The second-order valence-electron chi connectivity index (χ2n) is 3.97. The van der Waals surface area contributed by atoms with Crippen molar-refractivity contribution in [3.05, 3.63) is 23.5 Å². The molecule has 0 saturated carbocycles. The normalized spacial score (nSPS) is 10.9. The molecule has 0 fully saturated rings. The summed E-state index contributed by atoms with van der Waals surface area (Å²) in [5, 5.41) is 8.96. The van der Waals surface area contributed by atoms with Crippen molar-refractivity contribution in [2.24, 2.45) is 0 Å². The molecule has 0 amide bonds. The molecule has 0 radical (unpaired) electrons. The summed E-state index contributed by atoms with van der Waals surface area (Å²) in [6.07, 6.45) is 0.961. The number of hydrogen-bond acceptors (Lipinski definition) is 2. The second-order valence-corrected chi connectivity index (χ2v) is 3.97. The van der Waals surface area contributed by atoms with Crippen molar-refractivity contribution in [2.45, 2.75) is 19.9 Å². The van der Waals surface area contributed by atoms with Crippen LogP contribution < -0.4 is 0 Å². The summed E-state index contributed by atoms with van der Waals surface area (Å²) in [7, 11) is 4.03. The number of aromatic carboxylic acids is 1. The van der Waals surface area contributed by atoms with E-state index >= 15 is 0 Å². The SMILES string of the molecule is Cc1ccc(C(=O)O)n1CCCN(C)C. The zero-order chi connectivity index (χ0) is 11.4. The number of carbonyl (C=O) groups is 1. The first kappa shape index (κ1) is 11.8. The molecule has 4 nitrogen and oxygen atoms in total. The lowest BCUT2D eigenvalue weighted by Crippen LogP contribution is -2.17. The zero-order valence-electron chi connectivity index (χ0n) is 9.53. The van der Waals surface area contributed by atoms with E-state index in [2.05, 4.69) is 4.90 Å². The van der Waals surface area contributed by atoms with Crippen LogP contribution in [0, 0.1) is 6.92 Å². The van der Waals surface area contributed by atoms with Crippen molar-refractivity contribution in [1.82, 2.24) is 9.47 Å². The van der Waals surface area contributed by atoms with E-state index in [4.69, 9.17) is 5.11 Å². The summed E-state index contributed by atoms with van der Waals surface area (Å²) in [6.45, 7) is 3.66. The van der Waals surface area contributed by atoms with Crippen LogP contribution in [0.2, 0.25) is 0 Å². The van der Waals surface area contributed by atoms with Gasteiger partial charge < -0.3 is 14.6 Å². The molecule has 0 aliphatic heterocycles. The van der Waals surface area contributed by atoms with Gasteiger partial charge in [0.2, 0.25) is 0 Å². The number of carboxylic acids is 1. The molecule has 0 aliphatic rings. The van der Waals surface area contributed by atoms with Gasteiger partial charge in [-0.1, -0.05) is 0 Å². The van der Waals surface area contributed by atoms with Crippen LogP contribution in [0.3, 0.4) is 0 Å². The number of nitrogens with zero attached hydrogens (tertiary/aromatic N) is 2. The van der Waals surface area contributed by atoms with E-state index in [0.29, 0.717) is 5.69 Å². The average Bonchev–Trinajstić information content (AvgIpc) is 2.47. The number of aromatic nitrogens is 1. The van der Waals surface area contributed by atoms with Gasteiger partial charge in [0.05, 0.1) is 0 Å². The molecule has 1 aromatic heterocycles. The van der Waals surface area contributed by atoms with Gasteiger partial charge in [-0.05, 0) is 46.1 Å². The lowest BCUT2D eigenvalue weighted by atomic mass is 10.3. The molecule has 0 aliphatic carbocycles. The minimum atomic E-state index is -0.854. The Labute approximate surface area is 90.1 Å². The van der Waals surface area contributed by atoms with Gasteiger partial charge in [0.15, 0.2) is 0 Å². The Morgan fingerprint density at radius 1 is 1.47 bits per heavy atom. The van der Waals surface area contributed by atoms with E-state index in [1.807, 2.05) is 31.7 Å². The first-order valence-corrected chi connectivity index (χ1v) is 5.06. The van der Waals surface area contributed by atoms with Gasteiger partial charge in [0, 0.05) is 12.2 Å². The summed E-state index contributed by atoms with van der Waals surface area (Å²) in [4.78, 5) is 13.0. The van der Waals surface area contributed by atoms with E-state index in [-0.39, 0.29) is 0 Å². The third kappa shape index (κ3) is 3.09. The van der Waals surface area contributed by atoms with Gasteiger partial charge >= 0.3 is 5.97 Å². The maximum absolute atomic E-state index is 10.9. The summed E-state index contributed by atoms with van der Waals surface area (Å²) < 4.78 is 1.85. The van der Waals surface area contributed by atoms with Crippen molar-refractivity contribution in [2.75, 3.05) is 20.6 Å². The van der Waals surface area contributed by atoms with Gasteiger partial charge in [0.1, 0.15) is 5.69 Å². The predicted octanol–water partition coefficient (Wildman–Crippen LogP) is 1.45. The first-order valence-electron chi connectivity index (χ1n) is 5.06. The molecule has 1 rings (SSSR count). The Kier molecular flexibility index (Phi) is 3.91. The van der Waals surface area contributed by atoms with Crippen LogP contribution in [-0.2, 0) is 6.54 Å². The highest BCUT2D eigenvalue weighted by molar-refractivity contribution is 5.86. The molecule has 0 bridgehead atoms. The van der Waals surface area contributed by atoms with Gasteiger partial charge in [-0.3, -0.25) is 0 Å². The van der Waals surface area contributed by atoms with Crippen LogP contribution in [0.15, 0.2) is 12.1 Å². The molecule has 0 spiro atoms. The highest BCUT2D eigenvalue weighted by Crippen LogP contribution is 2.09. The summed E-state index contributed by atoms with van der Waals surface area (Å²) in [6, 6.07) is 3.51. The predicted molar refractivity (Wildman–Crippen MR) is 59.3 cm³/mol. The van der Waals surface area contributed by atoms with Crippen molar-refractivity contribution < 1.29 is 9.90 Å². The van der Waals surface area contributed by atoms with Crippen LogP contribution >= 0.6 is 0 Å². The Morgan fingerprint density at radius 2 is 2.13 bits per heavy atom. The maximum atomic E-state index is 10.9. The standard InChI is InChI=1S/C11H18N2O2/c1-9-5-6-10(11(14)15)13(9)8-4-7-12(2)3/h5-6H,4,7-8H2,1-3H3,(H,14,15). The topological polar surface area (TPSA) is 45.5 Å². The van der Waals surface area contributed by atoms with Gasteiger partial charge in [-0.2, -0.15) is 0 Å². The molecule has 1 heterocycles. The smallest absolute Gasteiger partial charge is 0.352 e. The molecule has 4 heteroatoms. The lowest BCUT2D eigenvalue weighted by Gasteiger charge is -2.12. The molecular weight excluding hydrogens is 192 g/mol. The quantitative estimate of drug-likeness (QED) is 0.800. The molecule has 0 aromatic carbocycles. The van der Waals surface area contributed by atoms with Crippen molar-refractivity contribution in [1.29, 1.82) is 0 Å². The number of aryl methyl sites for hydroxylation is 1. The minimum Gasteiger partial charge on any atom is -0.477 e. The maximum Gasteiger partial charge on any atom is 0.352 e. The van der Waals surface area contributed by atoms with E-state index in [9.17, 15) is 4.79 Å². The van der Waals surface area contributed by atoms with Gasteiger partial charge in [-0.25, -0.2) is 4.79 Å². The van der Waals surface area contributed by atoms with Gasteiger partial charge in [-0.15, -0.1) is 0 Å². The largest absolute Gasteiger partial charge is 0.477 e. The highest BCUT2D eigenvalue weighted by atomic mass is 16.4. The van der Waals surface area contributed by atoms with Crippen LogP contribution in [0.4, 0.5) is 0 Å². The van der Waals surface area contributed by atoms with Crippen LogP contribution in [-0.4, -0.2) is 41.2 Å². The molecule has 1 N–H and O–H groups in total. The summed E-state index contributed by atoms with van der Waals surface area (Å²) in [5.41, 5.74) is 1.39. The van der Waals surface area contributed by atoms with E-state index in [1.54, 1.807) is 6.07 Å². The lowest BCUT2D eigenvalue weighted by molar-refractivity contribution is 0.0684. The van der Waals surface area contributed by atoms with Crippen molar-refractivity contribution in [3.8, 4) is 0 Å². The molecule has 0 unspecified atom stereocenters. The van der Waals surface area contributed by atoms with E-state index < -0.39 is 5.97 Å². The fourth-order valence-corrected chi connectivity index (χ4v) is 1.60. The van der Waals surface area contributed by atoms with Crippen molar-refractivity contribution >= 4 is 5.97 Å². The highest BCUT2D eigenvalue weighted by Gasteiger charge is 2.10. The summed E-state index contributed by atoms with van der Waals surface area (Å²) in [5.74, 6) is -0.854.